The van der Waals surface area contributed by atoms with Crippen LogP contribution in [0.1, 0.15) is 48.0 Å². The Balaban J connectivity index is 2.14. The molecule has 1 N–H and O–H groups in total. The van der Waals surface area contributed by atoms with Gasteiger partial charge in [-0.15, -0.1) is 0 Å². The first-order valence-corrected chi connectivity index (χ1v) is 6.61. The van der Waals surface area contributed by atoms with Crippen molar-refractivity contribution in [3.05, 3.63) is 29.3 Å². The highest BCUT2D eigenvalue weighted by Crippen LogP contribution is 2.25. The van der Waals surface area contributed by atoms with Crippen LogP contribution < -0.4 is 4.74 Å². The lowest BCUT2D eigenvalue weighted by Crippen LogP contribution is -2.30. The van der Waals surface area contributed by atoms with Crippen LogP contribution in [-0.2, 0) is 0 Å². The molecule has 3 nitrogen and oxygen atoms in total. The van der Waals surface area contributed by atoms with E-state index in [0.29, 0.717) is 11.3 Å². The van der Waals surface area contributed by atoms with Crippen molar-refractivity contribution in [3.63, 3.8) is 0 Å². The van der Waals surface area contributed by atoms with Crippen molar-refractivity contribution in [3.8, 4) is 5.75 Å². The van der Waals surface area contributed by atoms with Gasteiger partial charge in [-0.25, -0.2) is 0 Å². The number of rotatable bonds is 3. The smallest absolute Gasteiger partial charge is 0.153 e. The zero-order valence-corrected chi connectivity index (χ0v) is 10.8. The van der Waals surface area contributed by atoms with E-state index in [-0.39, 0.29) is 6.10 Å². The Bertz CT molecular complexity index is 414. The first-order valence-electron chi connectivity index (χ1n) is 6.61. The Morgan fingerprint density at radius 2 is 2.06 bits per heavy atom. The quantitative estimate of drug-likeness (QED) is 0.661. The molecular formula is C15H20O3. The standard InChI is InChI=1S/C15H20O3/c1-11-7-8-14(12(9-11)10-16)18-15-6-4-2-3-5-13(15)17/h7-10,13,15,17H,2-6H2,1H3. The molecule has 1 saturated carbocycles. The molecule has 2 rings (SSSR count). The number of hydrogen-bond donors (Lipinski definition) is 1. The third kappa shape index (κ3) is 3.10. The Hall–Kier alpha value is -1.35. The summed E-state index contributed by atoms with van der Waals surface area (Å²) in [5.41, 5.74) is 1.59. The summed E-state index contributed by atoms with van der Waals surface area (Å²) >= 11 is 0. The van der Waals surface area contributed by atoms with Crippen LogP contribution in [0.15, 0.2) is 18.2 Å². The Morgan fingerprint density at radius 1 is 1.28 bits per heavy atom. The zero-order chi connectivity index (χ0) is 13.0. The van der Waals surface area contributed by atoms with Crippen LogP contribution in [0.2, 0.25) is 0 Å². The molecule has 0 bridgehead atoms. The number of aryl methyl sites for hydroxylation is 1. The molecule has 0 heterocycles. The van der Waals surface area contributed by atoms with Gasteiger partial charge in [0.05, 0.1) is 11.7 Å². The van der Waals surface area contributed by atoms with Gasteiger partial charge in [0.2, 0.25) is 0 Å². The number of hydrogen-bond acceptors (Lipinski definition) is 3. The Labute approximate surface area is 108 Å². The highest BCUT2D eigenvalue weighted by atomic mass is 16.5. The molecule has 0 saturated heterocycles. The Morgan fingerprint density at radius 3 is 2.83 bits per heavy atom. The van der Waals surface area contributed by atoms with Gasteiger partial charge < -0.3 is 9.84 Å². The number of aldehydes is 1. The number of ether oxygens (including phenoxy) is 1. The number of benzene rings is 1. The van der Waals surface area contributed by atoms with Crippen molar-refractivity contribution in [2.75, 3.05) is 0 Å². The molecule has 2 unspecified atom stereocenters. The largest absolute Gasteiger partial charge is 0.487 e. The molecule has 0 radical (unpaired) electrons. The van der Waals surface area contributed by atoms with E-state index in [0.717, 1.165) is 44.0 Å². The van der Waals surface area contributed by atoms with E-state index in [2.05, 4.69) is 0 Å². The number of aliphatic hydroxyl groups is 1. The molecule has 1 aliphatic rings. The highest BCUT2D eigenvalue weighted by molar-refractivity contribution is 5.79. The molecule has 1 aliphatic carbocycles. The second-order valence-corrected chi connectivity index (χ2v) is 5.02. The zero-order valence-electron chi connectivity index (χ0n) is 10.8. The lowest BCUT2D eigenvalue weighted by Gasteiger charge is -2.22. The van der Waals surface area contributed by atoms with Crippen LogP contribution in [0.4, 0.5) is 0 Å². The minimum Gasteiger partial charge on any atom is -0.487 e. The molecule has 98 valence electrons. The third-order valence-electron chi connectivity index (χ3n) is 3.49. The van der Waals surface area contributed by atoms with Crippen molar-refractivity contribution in [2.24, 2.45) is 0 Å². The van der Waals surface area contributed by atoms with Gasteiger partial charge in [-0.05, 0) is 38.3 Å². The normalized spacial score (nSPS) is 24.3. The maximum atomic E-state index is 11.0. The van der Waals surface area contributed by atoms with Gasteiger partial charge in [0, 0.05) is 0 Å². The molecule has 0 spiro atoms. The van der Waals surface area contributed by atoms with Crippen molar-refractivity contribution >= 4 is 6.29 Å². The SMILES string of the molecule is Cc1ccc(OC2CCCCCC2O)c(C=O)c1. The van der Waals surface area contributed by atoms with Gasteiger partial charge in [0.1, 0.15) is 11.9 Å². The van der Waals surface area contributed by atoms with Crippen LogP contribution in [0.5, 0.6) is 5.75 Å². The summed E-state index contributed by atoms with van der Waals surface area (Å²) in [6.45, 7) is 1.94. The molecule has 0 aromatic heterocycles. The van der Waals surface area contributed by atoms with E-state index in [1.54, 1.807) is 0 Å². The summed E-state index contributed by atoms with van der Waals surface area (Å²) in [6, 6.07) is 5.55. The molecular weight excluding hydrogens is 228 g/mol. The first kappa shape index (κ1) is 13.1. The second kappa shape index (κ2) is 6.01. The van der Waals surface area contributed by atoms with E-state index < -0.39 is 6.10 Å². The molecule has 1 aromatic rings. The molecule has 0 amide bonds. The second-order valence-electron chi connectivity index (χ2n) is 5.02. The summed E-state index contributed by atoms with van der Waals surface area (Å²) in [4.78, 5) is 11.0. The van der Waals surface area contributed by atoms with E-state index in [4.69, 9.17) is 4.74 Å². The van der Waals surface area contributed by atoms with Crippen LogP contribution in [0.25, 0.3) is 0 Å². The number of carbonyl (C=O) groups excluding carboxylic acids is 1. The van der Waals surface area contributed by atoms with E-state index in [1.807, 2.05) is 25.1 Å². The van der Waals surface area contributed by atoms with Crippen LogP contribution >= 0.6 is 0 Å². The van der Waals surface area contributed by atoms with Gasteiger partial charge >= 0.3 is 0 Å². The van der Waals surface area contributed by atoms with Crippen molar-refractivity contribution < 1.29 is 14.6 Å². The monoisotopic (exact) mass is 248 g/mol. The minimum atomic E-state index is -0.423. The van der Waals surface area contributed by atoms with Gasteiger partial charge in [0.15, 0.2) is 6.29 Å². The lowest BCUT2D eigenvalue weighted by atomic mass is 10.1. The maximum absolute atomic E-state index is 11.0. The fourth-order valence-electron chi connectivity index (χ4n) is 2.42. The fraction of sp³-hybridized carbons (Fsp3) is 0.533. The molecule has 0 aliphatic heterocycles. The summed E-state index contributed by atoms with van der Waals surface area (Å²) in [7, 11) is 0. The maximum Gasteiger partial charge on any atom is 0.153 e. The van der Waals surface area contributed by atoms with Crippen LogP contribution in [-0.4, -0.2) is 23.6 Å². The summed E-state index contributed by atoms with van der Waals surface area (Å²) in [5.74, 6) is 0.585. The molecule has 1 aromatic carbocycles. The van der Waals surface area contributed by atoms with Crippen molar-refractivity contribution in [1.29, 1.82) is 0 Å². The molecule has 1 fully saturated rings. The van der Waals surface area contributed by atoms with Gasteiger partial charge in [-0.2, -0.15) is 0 Å². The summed E-state index contributed by atoms with van der Waals surface area (Å²) in [5, 5.41) is 10.0. The average Bonchev–Trinajstić information content (AvgIpc) is 2.57. The van der Waals surface area contributed by atoms with Gasteiger partial charge in [-0.1, -0.05) is 24.5 Å². The van der Waals surface area contributed by atoms with E-state index in [1.165, 1.54) is 0 Å². The predicted molar refractivity (Wildman–Crippen MR) is 70.1 cm³/mol. The van der Waals surface area contributed by atoms with Gasteiger partial charge in [0.25, 0.3) is 0 Å². The van der Waals surface area contributed by atoms with Crippen molar-refractivity contribution in [1.82, 2.24) is 0 Å². The van der Waals surface area contributed by atoms with Crippen molar-refractivity contribution in [2.45, 2.75) is 51.2 Å². The van der Waals surface area contributed by atoms with Crippen LogP contribution in [0, 0.1) is 6.92 Å². The average molecular weight is 248 g/mol. The minimum absolute atomic E-state index is 0.186. The fourth-order valence-corrected chi connectivity index (χ4v) is 2.42. The first-order chi connectivity index (χ1) is 8.70. The number of carbonyl (C=O) groups is 1. The summed E-state index contributed by atoms with van der Waals surface area (Å²) < 4.78 is 5.84. The van der Waals surface area contributed by atoms with Gasteiger partial charge in [-0.3, -0.25) is 4.79 Å². The van der Waals surface area contributed by atoms with Crippen LogP contribution in [0.3, 0.4) is 0 Å². The third-order valence-corrected chi connectivity index (χ3v) is 3.49. The topological polar surface area (TPSA) is 46.5 Å². The Kier molecular flexibility index (Phi) is 4.37. The summed E-state index contributed by atoms with van der Waals surface area (Å²) in [6.07, 6.45) is 5.11. The highest BCUT2D eigenvalue weighted by Gasteiger charge is 2.23. The molecule has 2 atom stereocenters. The predicted octanol–water partition coefficient (Wildman–Crippen LogP) is 2.88. The number of aliphatic hydroxyl groups excluding tert-OH is 1. The van der Waals surface area contributed by atoms with E-state index in [9.17, 15) is 9.90 Å². The van der Waals surface area contributed by atoms with E-state index >= 15 is 0 Å². The lowest BCUT2D eigenvalue weighted by molar-refractivity contribution is 0.0315. The molecule has 3 heteroatoms. The molecule has 18 heavy (non-hydrogen) atoms.